The lowest BCUT2D eigenvalue weighted by Crippen LogP contribution is -2.35. The smallest absolute Gasteiger partial charge is 0.146 e. The Hall–Kier alpha value is -0.640. The Labute approximate surface area is 99.0 Å². The molecule has 0 saturated carbocycles. The zero-order valence-electron chi connectivity index (χ0n) is 9.15. The Morgan fingerprint density at radius 3 is 3.00 bits per heavy atom. The van der Waals surface area contributed by atoms with E-state index < -0.39 is 0 Å². The average molecular weight is 270 g/mol. The van der Waals surface area contributed by atoms with Gasteiger partial charge >= 0.3 is 0 Å². The fourth-order valence-electron chi connectivity index (χ4n) is 2.35. The van der Waals surface area contributed by atoms with Gasteiger partial charge in [0.1, 0.15) is 12.1 Å². The molecule has 0 spiro atoms. The van der Waals surface area contributed by atoms with E-state index in [9.17, 15) is 0 Å². The van der Waals surface area contributed by atoms with Gasteiger partial charge in [0, 0.05) is 18.3 Å². The summed E-state index contributed by atoms with van der Waals surface area (Å²) in [7, 11) is 0. The van der Waals surface area contributed by atoms with Crippen molar-refractivity contribution < 1.29 is 0 Å². The van der Waals surface area contributed by atoms with Gasteiger partial charge in [-0.1, -0.05) is 6.92 Å². The highest BCUT2D eigenvalue weighted by atomic mass is 79.9. The molecule has 1 fully saturated rings. The molecular weight excluding hydrogens is 254 g/mol. The van der Waals surface area contributed by atoms with E-state index in [2.05, 4.69) is 44.6 Å². The lowest BCUT2D eigenvalue weighted by Gasteiger charge is -2.29. The van der Waals surface area contributed by atoms with Crippen molar-refractivity contribution in [3.8, 4) is 0 Å². The van der Waals surface area contributed by atoms with Crippen LogP contribution in [0, 0.1) is 0 Å². The van der Waals surface area contributed by atoms with E-state index in [4.69, 9.17) is 0 Å². The normalized spacial score (nSPS) is 25.9. The van der Waals surface area contributed by atoms with Gasteiger partial charge in [0.25, 0.3) is 0 Å². The number of aromatic nitrogens is 2. The molecular formula is C11H16BrN3. The molecule has 0 aromatic carbocycles. The van der Waals surface area contributed by atoms with Crippen molar-refractivity contribution >= 4 is 21.7 Å². The van der Waals surface area contributed by atoms with Crippen LogP contribution in [0.2, 0.25) is 0 Å². The summed E-state index contributed by atoms with van der Waals surface area (Å²) in [5.41, 5.74) is 0. The third-order valence-corrected chi connectivity index (χ3v) is 3.71. The molecule has 1 saturated heterocycles. The summed E-state index contributed by atoms with van der Waals surface area (Å²) in [5.74, 6) is 1.04. The van der Waals surface area contributed by atoms with Gasteiger partial charge in [0.05, 0.1) is 4.47 Å². The lowest BCUT2D eigenvalue weighted by atomic mass is 10.1. The maximum atomic E-state index is 4.38. The van der Waals surface area contributed by atoms with Crippen LogP contribution in [0.1, 0.15) is 33.1 Å². The maximum Gasteiger partial charge on any atom is 0.146 e. The molecule has 0 bridgehead atoms. The van der Waals surface area contributed by atoms with Crippen LogP contribution in [0.4, 0.5) is 5.82 Å². The molecule has 2 unspecified atom stereocenters. The quantitative estimate of drug-likeness (QED) is 0.827. The first-order chi connectivity index (χ1) is 7.24. The van der Waals surface area contributed by atoms with Gasteiger partial charge in [-0.2, -0.15) is 0 Å². The van der Waals surface area contributed by atoms with Gasteiger partial charge in [-0.25, -0.2) is 9.97 Å². The number of anilines is 1. The zero-order chi connectivity index (χ0) is 10.8. The molecule has 2 heterocycles. The van der Waals surface area contributed by atoms with E-state index in [1.807, 2.05) is 6.20 Å². The molecule has 1 aromatic rings. The molecule has 3 nitrogen and oxygen atoms in total. The molecule has 1 aliphatic rings. The summed E-state index contributed by atoms with van der Waals surface area (Å²) in [6, 6.07) is 1.22. The van der Waals surface area contributed by atoms with Crippen LogP contribution in [0.15, 0.2) is 17.0 Å². The Kier molecular flexibility index (Phi) is 3.24. The molecule has 0 radical (unpaired) electrons. The number of halogens is 1. The van der Waals surface area contributed by atoms with Crippen molar-refractivity contribution in [2.45, 2.75) is 45.2 Å². The molecule has 2 atom stereocenters. The van der Waals surface area contributed by atoms with Gasteiger partial charge < -0.3 is 4.90 Å². The topological polar surface area (TPSA) is 29.0 Å². The fraction of sp³-hybridized carbons (Fsp3) is 0.636. The van der Waals surface area contributed by atoms with Gasteiger partial charge in [0.15, 0.2) is 0 Å². The summed E-state index contributed by atoms with van der Waals surface area (Å²) in [6.45, 7) is 4.51. The summed E-state index contributed by atoms with van der Waals surface area (Å²) in [4.78, 5) is 10.8. The second kappa shape index (κ2) is 4.47. The summed E-state index contributed by atoms with van der Waals surface area (Å²) >= 11 is 3.52. The summed E-state index contributed by atoms with van der Waals surface area (Å²) in [5, 5.41) is 0. The second-order valence-corrected chi connectivity index (χ2v) is 4.94. The van der Waals surface area contributed by atoms with E-state index in [1.54, 1.807) is 6.33 Å². The van der Waals surface area contributed by atoms with Crippen molar-refractivity contribution in [2.75, 3.05) is 4.90 Å². The van der Waals surface area contributed by atoms with Crippen LogP contribution in [0.5, 0.6) is 0 Å². The van der Waals surface area contributed by atoms with Gasteiger partial charge in [-0.15, -0.1) is 0 Å². The van der Waals surface area contributed by atoms with E-state index in [0.717, 1.165) is 10.3 Å². The van der Waals surface area contributed by atoms with Crippen LogP contribution in [-0.4, -0.2) is 22.1 Å². The van der Waals surface area contributed by atoms with Crippen molar-refractivity contribution in [3.05, 3.63) is 17.0 Å². The summed E-state index contributed by atoms with van der Waals surface area (Å²) in [6.07, 6.45) is 7.15. The van der Waals surface area contributed by atoms with Crippen LogP contribution >= 0.6 is 15.9 Å². The third kappa shape index (κ3) is 2.00. The largest absolute Gasteiger partial charge is 0.350 e. The van der Waals surface area contributed by atoms with Crippen molar-refractivity contribution in [3.63, 3.8) is 0 Å². The Morgan fingerprint density at radius 2 is 2.33 bits per heavy atom. The standard InChI is InChI=1S/C11H16BrN3/c1-3-9-5-4-8(2)15(9)11-10(12)6-13-7-14-11/h6-9H,3-5H2,1-2H3. The SMILES string of the molecule is CCC1CCC(C)N1c1ncncc1Br. The predicted molar refractivity (Wildman–Crippen MR) is 65.0 cm³/mol. The molecule has 2 rings (SSSR count). The van der Waals surface area contributed by atoms with E-state index >= 15 is 0 Å². The van der Waals surface area contributed by atoms with Crippen LogP contribution < -0.4 is 4.90 Å². The average Bonchev–Trinajstić information content (AvgIpc) is 2.60. The molecule has 0 amide bonds. The number of hydrogen-bond donors (Lipinski definition) is 0. The van der Waals surface area contributed by atoms with Crippen LogP contribution in [0.25, 0.3) is 0 Å². The van der Waals surface area contributed by atoms with Gasteiger partial charge in [-0.3, -0.25) is 0 Å². The van der Waals surface area contributed by atoms with Crippen molar-refractivity contribution in [2.24, 2.45) is 0 Å². The Balaban J connectivity index is 2.32. The number of hydrogen-bond acceptors (Lipinski definition) is 3. The Bertz CT molecular complexity index is 342. The minimum atomic E-state index is 0.584. The predicted octanol–water partition coefficient (Wildman–Crippen LogP) is 3.01. The first kappa shape index (κ1) is 10.9. The minimum Gasteiger partial charge on any atom is -0.350 e. The van der Waals surface area contributed by atoms with E-state index in [0.29, 0.717) is 12.1 Å². The number of nitrogens with zero attached hydrogens (tertiary/aromatic N) is 3. The highest BCUT2D eigenvalue weighted by Crippen LogP contribution is 2.34. The summed E-state index contributed by atoms with van der Waals surface area (Å²) < 4.78 is 0.997. The van der Waals surface area contributed by atoms with Gasteiger partial charge in [-0.05, 0) is 42.1 Å². The first-order valence-electron chi connectivity index (χ1n) is 5.48. The highest BCUT2D eigenvalue weighted by molar-refractivity contribution is 9.10. The number of rotatable bonds is 2. The van der Waals surface area contributed by atoms with Crippen molar-refractivity contribution in [1.29, 1.82) is 0 Å². The van der Waals surface area contributed by atoms with E-state index in [-0.39, 0.29) is 0 Å². The van der Waals surface area contributed by atoms with Crippen molar-refractivity contribution in [1.82, 2.24) is 9.97 Å². The molecule has 15 heavy (non-hydrogen) atoms. The van der Waals surface area contributed by atoms with Crippen LogP contribution in [-0.2, 0) is 0 Å². The fourth-order valence-corrected chi connectivity index (χ4v) is 2.78. The third-order valence-electron chi connectivity index (χ3n) is 3.15. The molecule has 1 aliphatic heterocycles. The first-order valence-corrected chi connectivity index (χ1v) is 6.27. The zero-order valence-corrected chi connectivity index (χ0v) is 10.7. The minimum absolute atomic E-state index is 0.584. The monoisotopic (exact) mass is 269 g/mol. The maximum absolute atomic E-state index is 4.38. The lowest BCUT2D eigenvalue weighted by molar-refractivity contribution is 0.619. The molecule has 82 valence electrons. The Morgan fingerprint density at radius 1 is 1.53 bits per heavy atom. The van der Waals surface area contributed by atoms with Gasteiger partial charge in [0.2, 0.25) is 0 Å². The molecule has 0 N–H and O–H groups in total. The second-order valence-electron chi connectivity index (χ2n) is 4.09. The van der Waals surface area contributed by atoms with Crippen LogP contribution in [0.3, 0.4) is 0 Å². The van der Waals surface area contributed by atoms with E-state index in [1.165, 1.54) is 19.3 Å². The molecule has 4 heteroatoms. The molecule has 0 aliphatic carbocycles. The molecule has 1 aromatic heterocycles. The highest BCUT2D eigenvalue weighted by Gasteiger charge is 2.31.